The summed E-state index contributed by atoms with van der Waals surface area (Å²) < 4.78 is 2.30. The van der Waals surface area contributed by atoms with Crippen LogP contribution in [-0.4, -0.2) is 14.5 Å². The molecule has 0 atom stereocenters. The first-order valence-electron chi connectivity index (χ1n) is 13.1. The van der Waals surface area contributed by atoms with Crippen LogP contribution in [0.4, 0.5) is 0 Å². The summed E-state index contributed by atoms with van der Waals surface area (Å²) >= 11 is 0. The van der Waals surface area contributed by atoms with E-state index in [1.54, 1.807) is 0 Å². The number of fused-ring (bicyclic) bond motifs is 8. The average Bonchev–Trinajstić information content (AvgIpc) is 3.44. The van der Waals surface area contributed by atoms with Gasteiger partial charge < -0.3 is 0 Å². The van der Waals surface area contributed by atoms with E-state index in [9.17, 15) is 0 Å². The summed E-state index contributed by atoms with van der Waals surface area (Å²) in [7, 11) is 0. The van der Waals surface area contributed by atoms with Crippen molar-refractivity contribution >= 4 is 32.6 Å². The van der Waals surface area contributed by atoms with Crippen LogP contribution in [-0.2, 0) is 5.41 Å². The second-order valence-electron chi connectivity index (χ2n) is 10.7. The van der Waals surface area contributed by atoms with E-state index in [2.05, 4.69) is 134 Å². The lowest BCUT2D eigenvalue weighted by Gasteiger charge is -2.21. The van der Waals surface area contributed by atoms with Crippen molar-refractivity contribution < 1.29 is 0 Å². The molecule has 2 aromatic heterocycles. The molecule has 0 bridgehead atoms. The lowest BCUT2D eigenvalue weighted by molar-refractivity contribution is 0.666. The van der Waals surface area contributed by atoms with Gasteiger partial charge in [-0.2, -0.15) is 0 Å². The summed E-state index contributed by atoms with van der Waals surface area (Å²) in [6.45, 7) is 4.66. The maximum Gasteiger partial charge on any atom is 0.235 e. The van der Waals surface area contributed by atoms with E-state index >= 15 is 0 Å². The van der Waals surface area contributed by atoms with Crippen LogP contribution in [0.1, 0.15) is 25.0 Å². The summed E-state index contributed by atoms with van der Waals surface area (Å²) in [5.74, 6) is 0.706. The highest BCUT2D eigenvalue weighted by molar-refractivity contribution is 6.09. The molecule has 1 aliphatic carbocycles. The molecule has 8 rings (SSSR count). The molecule has 1 aliphatic rings. The highest BCUT2D eigenvalue weighted by Crippen LogP contribution is 2.53. The van der Waals surface area contributed by atoms with Gasteiger partial charge in [-0.25, -0.2) is 9.97 Å². The van der Waals surface area contributed by atoms with Gasteiger partial charge in [-0.3, -0.25) is 4.57 Å². The van der Waals surface area contributed by atoms with Crippen LogP contribution < -0.4 is 0 Å². The number of para-hydroxylation sites is 1. The summed E-state index contributed by atoms with van der Waals surface area (Å²) in [6.07, 6.45) is 0. The Balaban J connectivity index is 1.56. The summed E-state index contributed by atoms with van der Waals surface area (Å²) in [4.78, 5) is 10.7. The largest absolute Gasteiger partial charge is 0.278 e. The van der Waals surface area contributed by atoms with Gasteiger partial charge in [0.2, 0.25) is 5.95 Å². The van der Waals surface area contributed by atoms with Crippen LogP contribution in [0.3, 0.4) is 0 Å². The number of aromatic nitrogens is 3. The van der Waals surface area contributed by atoms with Gasteiger partial charge in [0.15, 0.2) is 0 Å². The van der Waals surface area contributed by atoms with Gasteiger partial charge in [-0.15, -0.1) is 0 Å². The molecule has 0 amide bonds. The number of rotatable bonds is 2. The molecule has 0 N–H and O–H groups in total. The summed E-state index contributed by atoms with van der Waals surface area (Å²) in [5.41, 5.74) is 9.18. The fraction of sp³-hybridized carbons (Fsp3) is 0.0857. The average molecular weight is 488 g/mol. The molecule has 0 aliphatic heterocycles. The van der Waals surface area contributed by atoms with Crippen LogP contribution in [0.2, 0.25) is 0 Å². The van der Waals surface area contributed by atoms with Crippen molar-refractivity contribution in [2.24, 2.45) is 0 Å². The van der Waals surface area contributed by atoms with Crippen LogP contribution >= 0.6 is 0 Å². The molecule has 0 spiro atoms. The van der Waals surface area contributed by atoms with Crippen molar-refractivity contribution in [2.75, 3.05) is 0 Å². The van der Waals surface area contributed by atoms with E-state index in [4.69, 9.17) is 9.97 Å². The highest BCUT2D eigenvalue weighted by atomic mass is 15.2. The lowest BCUT2D eigenvalue weighted by atomic mass is 9.81. The number of nitrogens with zero attached hydrogens (tertiary/aromatic N) is 3. The van der Waals surface area contributed by atoms with Gasteiger partial charge in [0.25, 0.3) is 0 Å². The topological polar surface area (TPSA) is 30.7 Å². The lowest BCUT2D eigenvalue weighted by Crippen LogP contribution is -2.14. The molecule has 0 unspecified atom stereocenters. The van der Waals surface area contributed by atoms with Gasteiger partial charge in [0, 0.05) is 32.7 Å². The third-order valence-corrected chi connectivity index (χ3v) is 8.18. The van der Waals surface area contributed by atoms with Crippen molar-refractivity contribution in [3.8, 4) is 28.5 Å². The van der Waals surface area contributed by atoms with Gasteiger partial charge >= 0.3 is 0 Å². The zero-order chi connectivity index (χ0) is 25.4. The van der Waals surface area contributed by atoms with Crippen LogP contribution in [0.15, 0.2) is 115 Å². The van der Waals surface area contributed by atoms with Gasteiger partial charge in [0.1, 0.15) is 0 Å². The first kappa shape index (κ1) is 21.3. The van der Waals surface area contributed by atoms with Crippen molar-refractivity contribution in [3.05, 3.63) is 126 Å². The SMILES string of the molecule is CC1(C)c2ccccc2-c2c1c1ccccc1n2-c1nc(-c2ccccc2)c2ccc3ccccc3c2n1. The molecule has 38 heavy (non-hydrogen) atoms. The molecule has 5 aromatic carbocycles. The molecule has 0 saturated heterocycles. The second-order valence-corrected chi connectivity index (χ2v) is 10.7. The maximum atomic E-state index is 5.33. The Morgan fingerprint density at radius 1 is 0.605 bits per heavy atom. The molecule has 0 saturated carbocycles. The Hall–Kier alpha value is -4.76. The van der Waals surface area contributed by atoms with E-state index in [0.29, 0.717) is 5.95 Å². The van der Waals surface area contributed by atoms with Gasteiger partial charge in [-0.05, 0) is 28.6 Å². The van der Waals surface area contributed by atoms with Crippen molar-refractivity contribution in [1.82, 2.24) is 14.5 Å². The minimum Gasteiger partial charge on any atom is -0.278 e. The van der Waals surface area contributed by atoms with Gasteiger partial charge in [-0.1, -0.05) is 117 Å². The van der Waals surface area contributed by atoms with Crippen molar-refractivity contribution in [3.63, 3.8) is 0 Å². The van der Waals surface area contributed by atoms with E-state index < -0.39 is 0 Å². The number of benzene rings is 5. The Morgan fingerprint density at radius 2 is 1.32 bits per heavy atom. The normalized spacial score (nSPS) is 13.7. The molecule has 180 valence electrons. The molecule has 2 heterocycles. The molecule has 0 fully saturated rings. The van der Waals surface area contributed by atoms with E-state index in [1.807, 2.05) is 0 Å². The highest BCUT2D eigenvalue weighted by Gasteiger charge is 2.40. The molecular weight excluding hydrogens is 462 g/mol. The number of hydrogen-bond acceptors (Lipinski definition) is 2. The Kier molecular flexibility index (Phi) is 4.28. The quantitative estimate of drug-likeness (QED) is 0.228. The van der Waals surface area contributed by atoms with Gasteiger partial charge in [0.05, 0.1) is 22.4 Å². The minimum absolute atomic E-state index is 0.122. The van der Waals surface area contributed by atoms with E-state index in [0.717, 1.165) is 33.1 Å². The first-order valence-corrected chi connectivity index (χ1v) is 13.1. The molecule has 3 heteroatoms. The monoisotopic (exact) mass is 487 g/mol. The Labute approximate surface area is 221 Å². The van der Waals surface area contributed by atoms with Crippen LogP contribution in [0, 0.1) is 0 Å². The van der Waals surface area contributed by atoms with Crippen LogP contribution in [0.5, 0.6) is 0 Å². The molecule has 3 nitrogen and oxygen atoms in total. The zero-order valence-corrected chi connectivity index (χ0v) is 21.3. The smallest absolute Gasteiger partial charge is 0.235 e. The third-order valence-electron chi connectivity index (χ3n) is 8.18. The second kappa shape index (κ2) is 7.62. The van der Waals surface area contributed by atoms with Crippen LogP contribution in [0.25, 0.3) is 61.0 Å². The minimum atomic E-state index is -0.122. The third kappa shape index (κ3) is 2.79. The first-order chi connectivity index (χ1) is 18.6. The van der Waals surface area contributed by atoms with E-state index in [1.165, 1.54) is 33.2 Å². The van der Waals surface area contributed by atoms with E-state index in [-0.39, 0.29) is 5.41 Å². The standard InChI is InChI=1S/C35H25N3/c1-35(2)28-18-10-8-16-25(28)33-30(35)26-17-9-11-19-29(26)38(33)34-36-31(23-13-4-3-5-14-23)27-21-20-22-12-6-7-15-24(22)32(27)37-34/h3-21H,1-2H3. The van der Waals surface area contributed by atoms with Crippen molar-refractivity contribution in [2.45, 2.75) is 19.3 Å². The predicted molar refractivity (Wildman–Crippen MR) is 157 cm³/mol. The fourth-order valence-corrected chi connectivity index (χ4v) is 6.47. The summed E-state index contributed by atoms with van der Waals surface area (Å²) in [5, 5.41) is 4.64. The molecule has 7 aromatic rings. The maximum absolute atomic E-state index is 5.33. The molecule has 0 radical (unpaired) electrons. The summed E-state index contributed by atoms with van der Waals surface area (Å²) in [6, 6.07) is 40.8. The predicted octanol–water partition coefficient (Wildman–Crippen LogP) is 8.70. The Morgan fingerprint density at radius 3 is 2.18 bits per heavy atom. The van der Waals surface area contributed by atoms with Crippen molar-refractivity contribution in [1.29, 1.82) is 0 Å². The molecular formula is C35H25N3. The zero-order valence-electron chi connectivity index (χ0n) is 21.3. The number of hydrogen-bond donors (Lipinski definition) is 0. The fourth-order valence-electron chi connectivity index (χ4n) is 6.47. The Bertz CT molecular complexity index is 2050.